The minimum Gasteiger partial charge on any atom is -0.504 e. The van der Waals surface area contributed by atoms with E-state index in [9.17, 15) is 18.7 Å². The Kier molecular flexibility index (Phi) is 3.43. The second-order valence-corrected chi connectivity index (χ2v) is 2.73. The molecule has 0 atom stereocenters. The lowest BCUT2D eigenvalue weighted by molar-refractivity contribution is 0.141. The van der Waals surface area contributed by atoms with Crippen LogP contribution in [-0.4, -0.2) is 22.8 Å². The third-order valence-corrected chi connectivity index (χ3v) is 1.65. The Morgan fingerprint density at radius 2 is 2.13 bits per heavy atom. The number of halogens is 2. The molecule has 15 heavy (non-hydrogen) atoms. The Labute approximate surface area is 83.7 Å². The minimum atomic E-state index is -2.61. The lowest BCUT2D eigenvalue weighted by Crippen LogP contribution is -2.04. The number of hydrogen-bond acceptors (Lipinski definition) is 3. The summed E-state index contributed by atoms with van der Waals surface area (Å²) in [6, 6.07) is 3.78. The zero-order valence-corrected chi connectivity index (χ0v) is 7.48. The van der Waals surface area contributed by atoms with Gasteiger partial charge in [0, 0.05) is 12.0 Å². The van der Waals surface area contributed by atoms with Gasteiger partial charge < -0.3 is 14.9 Å². The number of benzene rings is 1. The highest BCUT2D eigenvalue weighted by molar-refractivity contribution is 5.63. The van der Waals surface area contributed by atoms with Gasteiger partial charge in [0.1, 0.15) is 0 Å². The summed E-state index contributed by atoms with van der Waals surface area (Å²) >= 11 is 0. The SMILES string of the molecule is O=C(O)Oc1cccc(CC(F)F)c1O. The van der Waals surface area contributed by atoms with Crippen LogP contribution in [0.2, 0.25) is 0 Å². The quantitative estimate of drug-likeness (QED) is 0.603. The molecule has 0 aromatic heterocycles. The maximum atomic E-state index is 12.0. The van der Waals surface area contributed by atoms with Crippen LogP contribution in [-0.2, 0) is 6.42 Å². The van der Waals surface area contributed by atoms with Crippen molar-refractivity contribution in [2.24, 2.45) is 0 Å². The van der Waals surface area contributed by atoms with E-state index in [1.807, 2.05) is 0 Å². The van der Waals surface area contributed by atoms with E-state index in [1.54, 1.807) is 0 Å². The maximum absolute atomic E-state index is 12.0. The Bertz CT molecular complexity index is 365. The van der Waals surface area contributed by atoms with Crippen LogP contribution in [0.5, 0.6) is 11.5 Å². The molecule has 6 heteroatoms. The van der Waals surface area contributed by atoms with Crippen molar-refractivity contribution in [3.63, 3.8) is 0 Å². The van der Waals surface area contributed by atoms with Gasteiger partial charge in [-0.15, -0.1) is 0 Å². The van der Waals surface area contributed by atoms with Gasteiger partial charge in [-0.2, -0.15) is 0 Å². The first-order valence-electron chi connectivity index (χ1n) is 4.00. The number of alkyl halides is 2. The van der Waals surface area contributed by atoms with E-state index >= 15 is 0 Å². The fraction of sp³-hybridized carbons (Fsp3) is 0.222. The molecule has 0 saturated heterocycles. The number of carbonyl (C=O) groups is 1. The molecule has 0 aliphatic carbocycles. The predicted octanol–water partition coefficient (Wildman–Crippen LogP) is 2.26. The van der Waals surface area contributed by atoms with Crippen molar-refractivity contribution in [2.75, 3.05) is 0 Å². The average molecular weight is 218 g/mol. The smallest absolute Gasteiger partial charge is 0.504 e. The van der Waals surface area contributed by atoms with Gasteiger partial charge in [0.25, 0.3) is 0 Å². The number of phenolic OH excluding ortho intramolecular Hbond substituents is 1. The maximum Gasteiger partial charge on any atom is 0.511 e. The van der Waals surface area contributed by atoms with Crippen LogP contribution in [0.25, 0.3) is 0 Å². The van der Waals surface area contributed by atoms with Crippen LogP contribution < -0.4 is 4.74 Å². The van der Waals surface area contributed by atoms with Crippen molar-refractivity contribution in [3.05, 3.63) is 23.8 Å². The molecule has 2 N–H and O–H groups in total. The van der Waals surface area contributed by atoms with Gasteiger partial charge in [0.15, 0.2) is 11.5 Å². The van der Waals surface area contributed by atoms with Crippen molar-refractivity contribution in [3.8, 4) is 11.5 Å². The Morgan fingerprint density at radius 1 is 1.47 bits per heavy atom. The number of aromatic hydroxyl groups is 1. The number of phenols is 1. The van der Waals surface area contributed by atoms with E-state index in [2.05, 4.69) is 4.74 Å². The van der Waals surface area contributed by atoms with Gasteiger partial charge in [0.05, 0.1) is 0 Å². The van der Waals surface area contributed by atoms with E-state index in [-0.39, 0.29) is 11.3 Å². The zero-order valence-electron chi connectivity index (χ0n) is 7.48. The van der Waals surface area contributed by atoms with Gasteiger partial charge in [-0.3, -0.25) is 0 Å². The largest absolute Gasteiger partial charge is 0.511 e. The van der Waals surface area contributed by atoms with E-state index in [1.165, 1.54) is 18.2 Å². The average Bonchev–Trinajstić information content (AvgIpc) is 2.10. The third kappa shape index (κ3) is 3.08. The molecule has 0 spiro atoms. The molecular formula is C9H8F2O4. The minimum absolute atomic E-state index is 0.0521. The van der Waals surface area contributed by atoms with Crippen molar-refractivity contribution in [1.82, 2.24) is 0 Å². The first kappa shape index (κ1) is 11.2. The van der Waals surface area contributed by atoms with Gasteiger partial charge >= 0.3 is 6.16 Å². The standard InChI is InChI=1S/C9H8F2O4/c10-7(11)4-5-2-1-3-6(8(5)12)15-9(13)14/h1-3,7,12H,4H2,(H,13,14). The number of ether oxygens (including phenoxy) is 1. The molecule has 0 aliphatic heterocycles. The molecule has 0 saturated carbocycles. The summed E-state index contributed by atoms with van der Waals surface area (Å²) in [5, 5.41) is 17.6. The normalized spacial score (nSPS) is 10.3. The second-order valence-electron chi connectivity index (χ2n) is 2.73. The van der Waals surface area contributed by atoms with Crippen LogP contribution in [0.1, 0.15) is 5.56 Å². The molecule has 0 amide bonds. The zero-order chi connectivity index (χ0) is 11.4. The Hall–Kier alpha value is -1.85. The van der Waals surface area contributed by atoms with Crippen LogP contribution >= 0.6 is 0 Å². The summed E-state index contributed by atoms with van der Waals surface area (Å²) in [7, 11) is 0. The Balaban J connectivity index is 2.95. The second kappa shape index (κ2) is 4.59. The number of para-hydroxylation sites is 1. The molecular weight excluding hydrogens is 210 g/mol. The van der Waals surface area contributed by atoms with Gasteiger partial charge in [-0.05, 0) is 6.07 Å². The monoisotopic (exact) mass is 218 g/mol. The lowest BCUT2D eigenvalue weighted by Gasteiger charge is -2.07. The molecule has 0 unspecified atom stereocenters. The molecule has 1 aromatic rings. The van der Waals surface area contributed by atoms with Crippen LogP contribution in [0, 0.1) is 0 Å². The van der Waals surface area contributed by atoms with E-state index < -0.39 is 24.8 Å². The summed E-state index contributed by atoms with van der Waals surface area (Å²) < 4.78 is 28.2. The molecule has 82 valence electrons. The predicted molar refractivity (Wildman–Crippen MR) is 46.5 cm³/mol. The molecule has 1 aromatic carbocycles. The molecule has 0 radical (unpaired) electrons. The molecule has 0 aliphatic rings. The van der Waals surface area contributed by atoms with Crippen LogP contribution in [0.15, 0.2) is 18.2 Å². The third-order valence-electron chi connectivity index (χ3n) is 1.65. The van der Waals surface area contributed by atoms with Gasteiger partial charge in [-0.25, -0.2) is 13.6 Å². The summed E-state index contributed by atoms with van der Waals surface area (Å²) in [6.07, 6.45) is -4.88. The van der Waals surface area contributed by atoms with Crippen molar-refractivity contribution in [2.45, 2.75) is 12.8 Å². The Morgan fingerprint density at radius 3 is 2.67 bits per heavy atom. The highest BCUT2D eigenvalue weighted by Crippen LogP contribution is 2.31. The number of rotatable bonds is 3. The molecule has 0 fully saturated rings. The van der Waals surface area contributed by atoms with Crippen molar-refractivity contribution in [1.29, 1.82) is 0 Å². The highest BCUT2D eigenvalue weighted by atomic mass is 19.3. The first-order chi connectivity index (χ1) is 7.00. The lowest BCUT2D eigenvalue weighted by atomic mass is 10.1. The fourth-order valence-corrected chi connectivity index (χ4v) is 1.08. The topological polar surface area (TPSA) is 66.8 Å². The summed E-state index contributed by atoms with van der Waals surface area (Å²) in [4.78, 5) is 10.2. The molecule has 4 nitrogen and oxygen atoms in total. The summed E-state index contributed by atoms with van der Waals surface area (Å²) in [6.45, 7) is 0. The van der Waals surface area contributed by atoms with Gasteiger partial charge in [-0.1, -0.05) is 12.1 Å². The number of carboxylic acid groups (broad SMARTS) is 1. The van der Waals surface area contributed by atoms with E-state index in [4.69, 9.17) is 5.11 Å². The van der Waals surface area contributed by atoms with Crippen LogP contribution in [0.4, 0.5) is 13.6 Å². The van der Waals surface area contributed by atoms with Crippen molar-refractivity contribution < 1.29 is 28.5 Å². The van der Waals surface area contributed by atoms with Gasteiger partial charge in [0.2, 0.25) is 6.43 Å². The van der Waals surface area contributed by atoms with E-state index in [0.29, 0.717) is 0 Å². The first-order valence-corrected chi connectivity index (χ1v) is 4.00. The highest BCUT2D eigenvalue weighted by Gasteiger charge is 2.14. The summed E-state index contributed by atoms with van der Waals surface area (Å²) in [5.41, 5.74) is -0.0521. The fourth-order valence-electron chi connectivity index (χ4n) is 1.08. The molecule has 1 rings (SSSR count). The van der Waals surface area contributed by atoms with Crippen molar-refractivity contribution >= 4 is 6.16 Å². The van der Waals surface area contributed by atoms with E-state index in [0.717, 1.165) is 0 Å². The summed E-state index contributed by atoms with van der Waals surface area (Å²) in [5.74, 6) is -0.916. The molecule has 0 heterocycles. The van der Waals surface area contributed by atoms with Crippen LogP contribution in [0.3, 0.4) is 0 Å². The molecule has 0 bridgehead atoms. The number of hydrogen-bond donors (Lipinski definition) is 2.